The van der Waals surface area contributed by atoms with E-state index in [1.165, 1.54) is 4.70 Å². The first-order chi connectivity index (χ1) is 7.36. The summed E-state index contributed by atoms with van der Waals surface area (Å²) in [6.45, 7) is 0. The minimum absolute atomic E-state index is 0.537. The van der Waals surface area contributed by atoms with E-state index >= 15 is 0 Å². The van der Waals surface area contributed by atoms with Gasteiger partial charge in [0.1, 0.15) is 5.82 Å². The summed E-state index contributed by atoms with van der Waals surface area (Å²) in [6.07, 6.45) is 1.68. The number of hydrogen-bond donors (Lipinski definition) is 2. The summed E-state index contributed by atoms with van der Waals surface area (Å²) in [6, 6.07) is 9.82. The van der Waals surface area contributed by atoms with Crippen LogP contribution in [-0.4, -0.2) is 15.2 Å². The van der Waals surface area contributed by atoms with Crippen LogP contribution in [0.2, 0.25) is 0 Å². The Bertz CT molecular complexity index is 485. The van der Waals surface area contributed by atoms with Crippen molar-refractivity contribution < 1.29 is 0 Å². The standard InChI is InChI=1S/C7H5NS.C3H5N3/c1-2-4-7-6(3-1)8-5-9-7;4-3-1-2-5-6-3/h1-5H;1-2H,(H3,4,5,6). The molecule has 2 aromatic heterocycles. The van der Waals surface area contributed by atoms with Gasteiger partial charge in [0.05, 0.1) is 15.7 Å². The van der Waals surface area contributed by atoms with Gasteiger partial charge in [-0.05, 0) is 18.2 Å². The van der Waals surface area contributed by atoms with E-state index < -0.39 is 0 Å². The molecule has 0 aliphatic rings. The summed E-state index contributed by atoms with van der Waals surface area (Å²) in [5.74, 6) is 0.537. The van der Waals surface area contributed by atoms with E-state index in [9.17, 15) is 0 Å². The Hall–Kier alpha value is -1.88. The van der Waals surface area contributed by atoms with Crippen molar-refractivity contribution in [3.05, 3.63) is 42.0 Å². The Morgan fingerprint density at radius 1 is 1.20 bits per heavy atom. The van der Waals surface area contributed by atoms with Gasteiger partial charge >= 0.3 is 0 Å². The lowest BCUT2D eigenvalue weighted by Crippen LogP contribution is -1.81. The fourth-order valence-electron chi connectivity index (χ4n) is 1.08. The molecule has 15 heavy (non-hydrogen) atoms. The molecule has 0 saturated carbocycles. The summed E-state index contributed by atoms with van der Waals surface area (Å²) in [7, 11) is 0. The van der Waals surface area contributed by atoms with Crippen LogP contribution < -0.4 is 5.73 Å². The molecule has 0 saturated heterocycles. The number of rotatable bonds is 0. The number of hydrogen-bond acceptors (Lipinski definition) is 4. The van der Waals surface area contributed by atoms with Crippen molar-refractivity contribution in [3.8, 4) is 0 Å². The first kappa shape index (κ1) is 9.67. The normalized spacial score (nSPS) is 9.60. The third-order valence-corrected chi connectivity index (χ3v) is 2.57. The first-order valence-corrected chi connectivity index (χ1v) is 5.28. The van der Waals surface area contributed by atoms with Gasteiger partial charge in [-0.1, -0.05) is 12.1 Å². The second-order valence-corrected chi connectivity index (χ2v) is 3.71. The highest BCUT2D eigenvalue weighted by atomic mass is 32.1. The van der Waals surface area contributed by atoms with Crippen LogP contribution in [0.4, 0.5) is 5.82 Å². The van der Waals surface area contributed by atoms with Crippen molar-refractivity contribution in [2.24, 2.45) is 0 Å². The molecule has 2 heterocycles. The molecule has 0 bridgehead atoms. The fourth-order valence-corrected chi connectivity index (χ4v) is 1.75. The third kappa shape index (κ3) is 2.54. The van der Waals surface area contributed by atoms with Gasteiger partial charge in [0.25, 0.3) is 0 Å². The largest absolute Gasteiger partial charge is 0.382 e. The summed E-state index contributed by atoms with van der Waals surface area (Å²) >= 11 is 1.68. The number of benzene rings is 1. The number of para-hydroxylation sites is 1. The zero-order valence-electron chi connectivity index (χ0n) is 7.92. The number of aromatic amines is 1. The van der Waals surface area contributed by atoms with Crippen LogP contribution in [0.1, 0.15) is 0 Å². The molecule has 3 N–H and O–H groups in total. The minimum atomic E-state index is 0.537. The second-order valence-electron chi connectivity index (χ2n) is 2.82. The van der Waals surface area contributed by atoms with Crippen molar-refractivity contribution >= 4 is 27.4 Å². The lowest BCUT2D eigenvalue weighted by atomic mass is 10.3. The molecule has 0 unspecified atom stereocenters. The van der Waals surface area contributed by atoms with E-state index in [1.54, 1.807) is 23.6 Å². The van der Waals surface area contributed by atoms with E-state index in [0.717, 1.165) is 5.52 Å². The smallest absolute Gasteiger partial charge is 0.145 e. The predicted molar refractivity (Wildman–Crippen MR) is 62.6 cm³/mol. The Morgan fingerprint density at radius 3 is 2.67 bits per heavy atom. The Labute approximate surface area is 90.8 Å². The van der Waals surface area contributed by atoms with E-state index in [2.05, 4.69) is 21.2 Å². The van der Waals surface area contributed by atoms with Crippen molar-refractivity contribution in [2.75, 3.05) is 5.73 Å². The van der Waals surface area contributed by atoms with Crippen LogP contribution in [0.3, 0.4) is 0 Å². The minimum Gasteiger partial charge on any atom is -0.382 e. The molecule has 0 atom stereocenters. The molecular formula is C10H10N4S. The van der Waals surface area contributed by atoms with Gasteiger partial charge in [-0.25, -0.2) is 4.98 Å². The third-order valence-electron chi connectivity index (χ3n) is 1.76. The molecule has 3 aromatic rings. The van der Waals surface area contributed by atoms with Crippen molar-refractivity contribution in [1.82, 2.24) is 15.2 Å². The number of fused-ring (bicyclic) bond motifs is 1. The van der Waals surface area contributed by atoms with Crippen molar-refractivity contribution in [3.63, 3.8) is 0 Å². The summed E-state index contributed by atoms with van der Waals surface area (Å²) in [5, 5.41) is 6.12. The molecular weight excluding hydrogens is 208 g/mol. The molecule has 1 aromatic carbocycles. The van der Waals surface area contributed by atoms with Crippen molar-refractivity contribution in [1.29, 1.82) is 0 Å². The van der Waals surface area contributed by atoms with E-state index in [0.29, 0.717) is 5.82 Å². The molecule has 0 amide bonds. The SMILES string of the molecule is Nc1cc[nH]n1.c1ccc2scnc2c1. The monoisotopic (exact) mass is 218 g/mol. The van der Waals surface area contributed by atoms with Gasteiger partial charge in [0.2, 0.25) is 0 Å². The molecule has 0 radical (unpaired) electrons. The number of aromatic nitrogens is 3. The number of nitrogen functional groups attached to an aromatic ring is 1. The molecule has 76 valence electrons. The molecule has 0 aliphatic heterocycles. The number of nitrogens with two attached hydrogens (primary N) is 1. The van der Waals surface area contributed by atoms with Gasteiger partial charge in [-0.15, -0.1) is 11.3 Å². The highest BCUT2D eigenvalue weighted by Crippen LogP contribution is 2.15. The average molecular weight is 218 g/mol. The van der Waals surface area contributed by atoms with Gasteiger partial charge in [0, 0.05) is 6.20 Å². The van der Waals surface area contributed by atoms with Crippen LogP contribution in [0.15, 0.2) is 42.0 Å². The average Bonchev–Trinajstić information content (AvgIpc) is 2.88. The van der Waals surface area contributed by atoms with E-state index in [1.807, 2.05) is 23.7 Å². The van der Waals surface area contributed by atoms with Crippen LogP contribution in [0.25, 0.3) is 10.2 Å². The van der Waals surface area contributed by atoms with Crippen LogP contribution in [-0.2, 0) is 0 Å². The predicted octanol–water partition coefficient (Wildman–Crippen LogP) is 2.29. The molecule has 5 heteroatoms. The molecule has 3 rings (SSSR count). The first-order valence-electron chi connectivity index (χ1n) is 4.40. The lowest BCUT2D eigenvalue weighted by molar-refractivity contribution is 1.10. The number of thiazole rings is 1. The van der Waals surface area contributed by atoms with Gasteiger partial charge in [0.15, 0.2) is 0 Å². The quantitative estimate of drug-likeness (QED) is 0.608. The maximum Gasteiger partial charge on any atom is 0.145 e. The zero-order chi connectivity index (χ0) is 10.5. The topological polar surface area (TPSA) is 67.6 Å². The van der Waals surface area contributed by atoms with Crippen LogP contribution in [0, 0.1) is 0 Å². The highest BCUT2D eigenvalue weighted by Gasteiger charge is 1.89. The second kappa shape index (κ2) is 4.56. The molecule has 0 fully saturated rings. The maximum absolute atomic E-state index is 5.14. The van der Waals surface area contributed by atoms with Gasteiger partial charge in [-0.2, -0.15) is 5.10 Å². The summed E-state index contributed by atoms with van der Waals surface area (Å²) in [4.78, 5) is 4.14. The van der Waals surface area contributed by atoms with E-state index in [4.69, 9.17) is 5.73 Å². The number of H-pyrrole nitrogens is 1. The number of anilines is 1. The zero-order valence-corrected chi connectivity index (χ0v) is 8.74. The summed E-state index contributed by atoms with van der Waals surface area (Å²) in [5.41, 5.74) is 8.10. The van der Waals surface area contributed by atoms with Crippen LogP contribution >= 0.6 is 11.3 Å². The lowest BCUT2D eigenvalue weighted by Gasteiger charge is -1.80. The van der Waals surface area contributed by atoms with Crippen LogP contribution in [0.5, 0.6) is 0 Å². The van der Waals surface area contributed by atoms with Gasteiger partial charge < -0.3 is 5.73 Å². The molecule has 4 nitrogen and oxygen atoms in total. The van der Waals surface area contributed by atoms with Crippen molar-refractivity contribution in [2.45, 2.75) is 0 Å². The Balaban J connectivity index is 0.000000124. The number of nitrogens with one attached hydrogen (secondary N) is 1. The van der Waals surface area contributed by atoms with Gasteiger partial charge in [-0.3, -0.25) is 5.10 Å². The fraction of sp³-hybridized carbons (Fsp3) is 0. The molecule has 0 spiro atoms. The maximum atomic E-state index is 5.14. The highest BCUT2D eigenvalue weighted by molar-refractivity contribution is 7.16. The Morgan fingerprint density at radius 2 is 2.07 bits per heavy atom. The number of nitrogens with zero attached hydrogens (tertiary/aromatic N) is 2. The molecule has 0 aliphatic carbocycles. The summed E-state index contributed by atoms with van der Waals surface area (Å²) < 4.78 is 1.26. The van der Waals surface area contributed by atoms with E-state index in [-0.39, 0.29) is 0 Å². The Kier molecular flexibility index (Phi) is 2.94.